The molecule has 8 rings (SSSR count). The Bertz CT molecular complexity index is 1980. The van der Waals surface area contributed by atoms with Gasteiger partial charge in [0.1, 0.15) is 28.6 Å². The second kappa shape index (κ2) is 12.9. The monoisotopic (exact) mass is 681 g/mol. The molecule has 4 aromatic rings. The van der Waals surface area contributed by atoms with Gasteiger partial charge < -0.3 is 19.5 Å². The number of piperidine rings is 1. The van der Waals surface area contributed by atoms with Crippen molar-refractivity contribution in [2.75, 3.05) is 50.9 Å². The Hall–Kier alpha value is -4.07. The van der Waals surface area contributed by atoms with Crippen LogP contribution in [0.2, 0.25) is 0 Å². The van der Waals surface area contributed by atoms with E-state index >= 15 is 4.39 Å². The van der Waals surface area contributed by atoms with Gasteiger partial charge in [-0.05, 0) is 86.4 Å². The van der Waals surface area contributed by atoms with E-state index in [0.717, 1.165) is 44.7 Å². The number of benzene rings is 2. The van der Waals surface area contributed by atoms with Crippen molar-refractivity contribution in [1.29, 1.82) is 0 Å². The van der Waals surface area contributed by atoms with Crippen LogP contribution in [0.1, 0.15) is 70.8 Å². The van der Waals surface area contributed by atoms with Gasteiger partial charge in [-0.25, -0.2) is 8.78 Å². The van der Waals surface area contributed by atoms with E-state index in [4.69, 9.17) is 25.9 Å². The van der Waals surface area contributed by atoms with Gasteiger partial charge >= 0.3 is 6.01 Å². The van der Waals surface area contributed by atoms with Gasteiger partial charge in [0, 0.05) is 54.8 Å². The lowest BCUT2D eigenvalue weighted by molar-refractivity contribution is -0.0292. The van der Waals surface area contributed by atoms with E-state index in [-0.39, 0.29) is 39.5 Å². The number of ether oxygens (including phenoxy) is 2. The number of phenolic OH excluding ortho intramolecular Hbond substituents is 1. The van der Waals surface area contributed by atoms with Crippen LogP contribution in [-0.4, -0.2) is 77.0 Å². The first kappa shape index (κ1) is 33.1. The first-order chi connectivity index (χ1) is 24.1. The van der Waals surface area contributed by atoms with Crippen molar-refractivity contribution < 1.29 is 23.4 Å². The molecule has 8 nitrogen and oxygen atoms in total. The highest BCUT2D eigenvalue weighted by molar-refractivity contribution is 6.03. The van der Waals surface area contributed by atoms with Crippen molar-refractivity contribution in [3.63, 3.8) is 0 Å². The zero-order chi connectivity index (χ0) is 34.6. The third-order valence-corrected chi connectivity index (χ3v) is 11.7. The lowest BCUT2D eigenvalue weighted by Gasteiger charge is -2.50. The normalized spacial score (nSPS) is 24.1. The number of rotatable bonds is 7. The van der Waals surface area contributed by atoms with Crippen LogP contribution in [0.15, 0.2) is 30.5 Å². The lowest BCUT2D eigenvalue weighted by Crippen LogP contribution is -2.54. The summed E-state index contributed by atoms with van der Waals surface area (Å²) in [6, 6.07) is 6.18. The third kappa shape index (κ3) is 5.92. The number of hydrogen-bond donors (Lipinski definition) is 1. The smallest absolute Gasteiger partial charge is 0.319 e. The Morgan fingerprint density at radius 3 is 2.72 bits per heavy atom. The highest BCUT2D eigenvalue weighted by Gasteiger charge is 2.50. The summed E-state index contributed by atoms with van der Waals surface area (Å²) in [6.45, 7) is 9.90. The number of aromatic nitrogens is 3. The van der Waals surface area contributed by atoms with Crippen LogP contribution < -0.4 is 9.64 Å². The molecule has 2 atom stereocenters. The molecule has 10 heteroatoms. The quantitative estimate of drug-likeness (QED) is 0.201. The molecule has 2 saturated carbocycles. The Labute approximate surface area is 292 Å². The maximum atomic E-state index is 16.9. The van der Waals surface area contributed by atoms with Crippen LogP contribution in [0.25, 0.3) is 32.9 Å². The standard InChI is InChI=1S/C40H45F2N5O3/c1-4-28-31(41)10-9-26-18-27(48)19-29(33(26)28)35-34(42)36-30(22-43-35)37(46-14-7-16-49-17-15-46)45-38(44-36)50-24-40-11-5-8-32(40)47(13-6-12-40)23-25-20-39(2,3)21-25/h1,9-10,18-19,22,25,32,48H,5-8,11-17,20-21,23-24H2,2-3H3. The molecule has 2 unspecified atom stereocenters. The minimum Gasteiger partial charge on any atom is -0.508 e. The van der Waals surface area contributed by atoms with Crippen LogP contribution in [0.4, 0.5) is 14.6 Å². The number of hydrogen-bond acceptors (Lipinski definition) is 8. The molecular formula is C40H45F2N5O3. The number of aromatic hydroxyl groups is 1. The maximum absolute atomic E-state index is 16.9. The van der Waals surface area contributed by atoms with Crippen molar-refractivity contribution in [2.24, 2.45) is 16.7 Å². The average Bonchev–Trinajstić information content (AvgIpc) is 3.34. The molecular weight excluding hydrogens is 636 g/mol. The predicted octanol–water partition coefficient (Wildman–Crippen LogP) is 7.49. The van der Waals surface area contributed by atoms with E-state index in [2.05, 4.69) is 34.6 Å². The second-order valence-corrected chi connectivity index (χ2v) is 15.7. The first-order valence-corrected chi connectivity index (χ1v) is 18.1. The van der Waals surface area contributed by atoms with E-state index in [1.54, 1.807) is 6.20 Å². The molecule has 2 aliphatic carbocycles. The largest absolute Gasteiger partial charge is 0.508 e. The minimum atomic E-state index is -0.717. The van der Waals surface area contributed by atoms with Gasteiger partial charge in [0.2, 0.25) is 0 Å². The number of nitrogens with zero attached hydrogens (tertiary/aromatic N) is 5. The number of likely N-dealkylation sites (tertiary alicyclic amines) is 1. The molecule has 4 heterocycles. The van der Waals surface area contributed by atoms with Crippen LogP contribution in [0, 0.1) is 40.7 Å². The molecule has 0 bridgehead atoms. The molecule has 2 saturated heterocycles. The molecule has 50 heavy (non-hydrogen) atoms. The Balaban J connectivity index is 1.18. The van der Waals surface area contributed by atoms with Crippen molar-refractivity contribution in [1.82, 2.24) is 19.9 Å². The third-order valence-electron chi connectivity index (χ3n) is 11.7. The van der Waals surface area contributed by atoms with Crippen molar-refractivity contribution in [3.8, 4) is 35.4 Å². The first-order valence-electron chi connectivity index (χ1n) is 18.1. The fraction of sp³-hybridized carbons (Fsp3) is 0.525. The molecule has 0 amide bonds. The zero-order valence-corrected chi connectivity index (χ0v) is 29.0. The lowest BCUT2D eigenvalue weighted by atomic mass is 9.64. The summed E-state index contributed by atoms with van der Waals surface area (Å²) in [4.78, 5) is 19.0. The highest BCUT2D eigenvalue weighted by Crippen LogP contribution is 2.51. The van der Waals surface area contributed by atoms with Crippen LogP contribution in [0.5, 0.6) is 11.8 Å². The number of halogens is 2. The van der Waals surface area contributed by atoms with Crippen molar-refractivity contribution >= 4 is 27.5 Å². The molecule has 2 aliphatic heterocycles. The van der Waals surface area contributed by atoms with E-state index in [1.165, 1.54) is 49.9 Å². The Kier molecular flexibility index (Phi) is 8.55. The molecule has 0 radical (unpaired) electrons. The molecule has 1 N–H and O–H groups in total. The van der Waals surface area contributed by atoms with Gasteiger partial charge in [0.05, 0.1) is 24.2 Å². The number of anilines is 1. The number of pyridine rings is 1. The fourth-order valence-electron chi connectivity index (χ4n) is 9.63. The van der Waals surface area contributed by atoms with E-state index in [0.29, 0.717) is 66.3 Å². The molecule has 4 fully saturated rings. The Morgan fingerprint density at radius 1 is 1.06 bits per heavy atom. The molecule has 2 aromatic carbocycles. The summed E-state index contributed by atoms with van der Waals surface area (Å²) >= 11 is 0. The van der Waals surface area contributed by atoms with E-state index in [1.807, 2.05) is 0 Å². The minimum absolute atomic E-state index is 0.00453. The van der Waals surface area contributed by atoms with Gasteiger partial charge in [-0.15, -0.1) is 6.42 Å². The molecule has 2 aromatic heterocycles. The van der Waals surface area contributed by atoms with Crippen LogP contribution in [-0.2, 0) is 4.74 Å². The summed E-state index contributed by atoms with van der Waals surface area (Å²) in [7, 11) is 0. The van der Waals surface area contributed by atoms with Gasteiger partial charge in [-0.3, -0.25) is 9.88 Å². The van der Waals surface area contributed by atoms with E-state index < -0.39 is 11.6 Å². The summed E-state index contributed by atoms with van der Waals surface area (Å²) in [6.07, 6.45) is 16.3. The van der Waals surface area contributed by atoms with Crippen LogP contribution >= 0.6 is 0 Å². The van der Waals surface area contributed by atoms with Crippen LogP contribution in [0.3, 0.4) is 0 Å². The summed E-state index contributed by atoms with van der Waals surface area (Å²) < 4.78 is 44.2. The molecule has 4 aliphatic rings. The SMILES string of the molecule is C#Cc1c(F)ccc2cc(O)cc(-c3ncc4c(N5CCCOCC5)nc(OCC56CCCC5N(CC5CC(C)(C)C5)CCC6)nc4c3F)c12. The number of fused-ring (bicyclic) bond motifs is 3. The van der Waals surface area contributed by atoms with Gasteiger partial charge in [0.25, 0.3) is 0 Å². The van der Waals surface area contributed by atoms with Gasteiger partial charge in [0.15, 0.2) is 5.82 Å². The zero-order valence-electron chi connectivity index (χ0n) is 29.0. The van der Waals surface area contributed by atoms with Crippen molar-refractivity contribution in [2.45, 2.75) is 71.3 Å². The van der Waals surface area contributed by atoms with Crippen molar-refractivity contribution in [3.05, 3.63) is 47.7 Å². The van der Waals surface area contributed by atoms with E-state index in [9.17, 15) is 9.50 Å². The highest BCUT2D eigenvalue weighted by atomic mass is 19.1. The summed E-state index contributed by atoms with van der Waals surface area (Å²) in [5.41, 5.74) is 0.580. The molecule has 0 spiro atoms. The summed E-state index contributed by atoms with van der Waals surface area (Å²) in [5.74, 6) is 2.26. The number of phenols is 1. The number of terminal acetylenes is 1. The Morgan fingerprint density at radius 2 is 1.90 bits per heavy atom. The average molecular weight is 682 g/mol. The fourth-order valence-corrected chi connectivity index (χ4v) is 9.63. The predicted molar refractivity (Wildman–Crippen MR) is 190 cm³/mol. The van der Waals surface area contributed by atoms with Gasteiger partial charge in [-0.2, -0.15) is 9.97 Å². The van der Waals surface area contributed by atoms with Gasteiger partial charge in [-0.1, -0.05) is 32.3 Å². The second-order valence-electron chi connectivity index (χ2n) is 15.7. The molecule has 262 valence electrons. The maximum Gasteiger partial charge on any atom is 0.319 e. The topological polar surface area (TPSA) is 83.8 Å². The summed E-state index contributed by atoms with van der Waals surface area (Å²) in [5, 5.41) is 11.8.